The number of hydrogen-bond acceptors (Lipinski definition) is 3. The van der Waals surface area contributed by atoms with Gasteiger partial charge in [-0.25, -0.2) is 0 Å². The largest absolute Gasteiger partial charge is 0.456 e. The molecule has 2 heterocycles. The standard InChI is InChI=1S/C67H41NO2/c1-2-16-42(17-3-1)43-30-32-44(33-31-43)68(45-35-37-65-57(38-45)50-21-7-6-20-49(50)54-24-10-14-28-63(54)69-65)46-34-36-53-48-19-5-4-18-47(48)51-22-8-12-26-59(51)67(61(53)39-46)60-27-13-9-23-52(60)56-41-66-58(40-62(56)67)55-25-11-15-29-64(55)70-66/h1-41H. The predicted molar refractivity (Wildman–Crippen MR) is 287 cm³/mol. The first-order valence-electron chi connectivity index (χ1n) is 24.1. The van der Waals surface area contributed by atoms with Crippen LogP contribution >= 0.6 is 0 Å². The lowest BCUT2D eigenvalue weighted by Crippen LogP contribution is -2.29. The molecule has 0 radical (unpaired) electrons. The van der Waals surface area contributed by atoms with Gasteiger partial charge in [-0.1, -0.05) is 182 Å². The fraction of sp³-hybridized carbons (Fsp3) is 0.0149. The molecule has 12 aromatic rings. The zero-order valence-corrected chi connectivity index (χ0v) is 37.9. The number of ether oxygens (including phenoxy) is 1. The molecule has 1 atom stereocenters. The van der Waals surface area contributed by atoms with Crippen LogP contribution in [0.5, 0.6) is 11.5 Å². The van der Waals surface area contributed by atoms with E-state index >= 15 is 0 Å². The zero-order valence-electron chi connectivity index (χ0n) is 37.9. The highest BCUT2D eigenvalue weighted by Gasteiger charge is 2.50. The van der Waals surface area contributed by atoms with Crippen molar-refractivity contribution >= 4 is 39.0 Å². The van der Waals surface area contributed by atoms with Crippen molar-refractivity contribution in [1.29, 1.82) is 0 Å². The molecule has 0 N–H and O–H groups in total. The molecule has 1 aromatic heterocycles. The van der Waals surface area contributed by atoms with Crippen LogP contribution in [0.25, 0.3) is 88.7 Å². The van der Waals surface area contributed by atoms with Crippen molar-refractivity contribution in [2.75, 3.05) is 4.90 Å². The van der Waals surface area contributed by atoms with E-state index in [9.17, 15) is 0 Å². The van der Waals surface area contributed by atoms with Crippen molar-refractivity contribution < 1.29 is 9.15 Å². The summed E-state index contributed by atoms with van der Waals surface area (Å²) in [6.07, 6.45) is 0. The van der Waals surface area contributed by atoms with E-state index in [0.717, 1.165) is 78.3 Å². The zero-order chi connectivity index (χ0) is 45.9. The number of furan rings is 1. The van der Waals surface area contributed by atoms with Gasteiger partial charge in [-0.2, -0.15) is 0 Å². The van der Waals surface area contributed by atoms with Crippen molar-refractivity contribution in [1.82, 2.24) is 0 Å². The summed E-state index contributed by atoms with van der Waals surface area (Å²) in [7, 11) is 0. The average Bonchev–Trinajstić information content (AvgIpc) is 3.85. The molecule has 3 heteroatoms. The summed E-state index contributed by atoms with van der Waals surface area (Å²) in [4.78, 5) is 2.43. The number of nitrogens with zero attached hydrogens (tertiary/aromatic N) is 1. The monoisotopic (exact) mass is 891 g/mol. The van der Waals surface area contributed by atoms with Crippen molar-refractivity contribution in [3.8, 4) is 78.3 Å². The summed E-state index contributed by atoms with van der Waals surface area (Å²) in [5, 5.41) is 2.24. The summed E-state index contributed by atoms with van der Waals surface area (Å²) in [5.41, 5.74) is 23.2. The fourth-order valence-electron chi connectivity index (χ4n) is 12.1. The van der Waals surface area contributed by atoms with Crippen molar-refractivity contribution in [2.24, 2.45) is 0 Å². The summed E-state index contributed by atoms with van der Waals surface area (Å²) < 4.78 is 13.4. The Morgan fingerprint density at radius 1 is 0.271 bits per heavy atom. The lowest BCUT2D eigenvalue weighted by Gasteiger charge is -2.36. The Balaban J connectivity index is 1.03. The van der Waals surface area contributed by atoms with Gasteiger partial charge in [0.05, 0.1) is 5.41 Å². The van der Waals surface area contributed by atoms with Crippen LogP contribution in [0, 0.1) is 0 Å². The Morgan fingerprint density at radius 2 is 0.771 bits per heavy atom. The number of anilines is 3. The first-order valence-corrected chi connectivity index (χ1v) is 24.1. The lowest BCUT2D eigenvalue weighted by molar-refractivity contribution is 0.488. The molecule has 1 spiro atoms. The molecule has 3 nitrogen and oxygen atoms in total. The minimum Gasteiger partial charge on any atom is -0.456 e. The van der Waals surface area contributed by atoms with E-state index in [1.807, 2.05) is 6.07 Å². The minimum absolute atomic E-state index is 0.714. The molecule has 0 saturated heterocycles. The molecule has 2 aliphatic carbocycles. The molecule has 70 heavy (non-hydrogen) atoms. The molecular formula is C67H41NO2. The Bertz CT molecular complexity index is 4110. The summed E-state index contributed by atoms with van der Waals surface area (Å²) in [6.45, 7) is 0. The number of rotatable bonds is 4. The maximum Gasteiger partial charge on any atom is 0.136 e. The first-order chi connectivity index (χ1) is 34.7. The molecule has 1 unspecified atom stereocenters. The van der Waals surface area contributed by atoms with Crippen LogP contribution in [0.15, 0.2) is 253 Å². The third kappa shape index (κ3) is 5.52. The van der Waals surface area contributed by atoms with Crippen molar-refractivity contribution in [3.63, 3.8) is 0 Å². The lowest BCUT2D eigenvalue weighted by atomic mass is 9.65. The molecule has 11 aromatic carbocycles. The number of para-hydroxylation sites is 2. The van der Waals surface area contributed by atoms with Gasteiger partial charge < -0.3 is 14.1 Å². The van der Waals surface area contributed by atoms with Gasteiger partial charge in [0.25, 0.3) is 0 Å². The predicted octanol–water partition coefficient (Wildman–Crippen LogP) is 18.2. The van der Waals surface area contributed by atoms with Crippen molar-refractivity contribution in [2.45, 2.75) is 5.41 Å². The first kappa shape index (κ1) is 38.9. The molecule has 0 amide bonds. The Labute approximate surface area is 405 Å². The normalized spacial score (nSPS) is 14.5. The van der Waals surface area contributed by atoms with E-state index in [2.05, 4.69) is 248 Å². The van der Waals surface area contributed by atoms with Crippen LogP contribution in [0.3, 0.4) is 0 Å². The van der Waals surface area contributed by atoms with Gasteiger partial charge in [0.1, 0.15) is 22.7 Å². The molecule has 0 saturated carbocycles. The molecular weight excluding hydrogens is 851 g/mol. The smallest absolute Gasteiger partial charge is 0.136 e. The molecule has 326 valence electrons. The number of benzene rings is 11. The highest BCUT2D eigenvalue weighted by molar-refractivity contribution is 6.09. The highest BCUT2D eigenvalue weighted by atomic mass is 16.5. The quantitative estimate of drug-likeness (QED) is 0.176. The van der Waals surface area contributed by atoms with Crippen LogP contribution in [0.4, 0.5) is 17.1 Å². The van der Waals surface area contributed by atoms with E-state index in [4.69, 9.17) is 9.15 Å². The van der Waals surface area contributed by atoms with Crippen LogP contribution in [0.1, 0.15) is 22.3 Å². The number of fused-ring (bicyclic) bond motifs is 20. The topological polar surface area (TPSA) is 25.6 Å². The molecule has 0 fully saturated rings. The second-order valence-corrected chi connectivity index (χ2v) is 18.7. The van der Waals surface area contributed by atoms with E-state index in [-0.39, 0.29) is 0 Å². The van der Waals surface area contributed by atoms with Gasteiger partial charge in [-0.3, -0.25) is 0 Å². The van der Waals surface area contributed by atoms with Crippen LogP contribution < -0.4 is 9.64 Å². The average molecular weight is 892 g/mol. The summed E-state index contributed by atoms with van der Waals surface area (Å²) in [6, 6.07) is 90.9. The summed E-state index contributed by atoms with van der Waals surface area (Å²) >= 11 is 0. The SMILES string of the molecule is c1ccc(-c2ccc(N(c3ccc4c(c3)-c3ccccc3-c3ccccc3O4)c3ccc4c(c3)C3(c5ccccc5-c5ccccc5-4)c4ccccc4-c4cc5oc6ccccc6c5cc43)cc2)cc1. The second kappa shape index (κ2) is 14.9. The van der Waals surface area contributed by atoms with E-state index < -0.39 is 5.41 Å². The third-order valence-corrected chi connectivity index (χ3v) is 15.1. The molecule has 0 bridgehead atoms. The molecule has 1 aliphatic heterocycles. The van der Waals surface area contributed by atoms with Crippen LogP contribution in [-0.4, -0.2) is 0 Å². The van der Waals surface area contributed by atoms with E-state index in [1.54, 1.807) is 0 Å². The second-order valence-electron chi connectivity index (χ2n) is 18.7. The Morgan fingerprint density at radius 3 is 1.51 bits per heavy atom. The highest BCUT2D eigenvalue weighted by Crippen LogP contribution is 2.63. The minimum atomic E-state index is -0.714. The maximum atomic E-state index is 6.81. The van der Waals surface area contributed by atoms with Gasteiger partial charge in [-0.15, -0.1) is 0 Å². The molecule has 15 rings (SSSR count). The summed E-state index contributed by atoms with van der Waals surface area (Å²) in [5.74, 6) is 1.68. The third-order valence-electron chi connectivity index (χ3n) is 15.1. The van der Waals surface area contributed by atoms with Crippen molar-refractivity contribution in [3.05, 3.63) is 271 Å². The van der Waals surface area contributed by atoms with Gasteiger partial charge in [0.2, 0.25) is 0 Å². The Kier molecular flexibility index (Phi) is 8.28. The number of hydrogen-bond donors (Lipinski definition) is 0. The van der Waals surface area contributed by atoms with Gasteiger partial charge >= 0.3 is 0 Å². The van der Waals surface area contributed by atoms with E-state index in [0.29, 0.717) is 0 Å². The maximum absolute atomic E-state index is 6.81. The molecule has 3 aliphatic rings. The van der Waals surface area contributed by atoms with Crippen LogP contribution in [0.2, 0.25) is 0 Å². The van der Waals surface area contributed by atoms with Crippen LogP contribution in [-0.2, 0) is 5.41 Å². The van der Waals surface area contributed by atoms with Gasteiger partial charge in [-0.05, 0) is 145 Å². The fourth-order valence-corrected chi connectivity index (χ4v) is 12.1. The Hall–Kier alpha value is -9.18. The van der Waals surface area contributed by atoms with Gasteiger partial charge in [0, 0.05) is 39.0 Å². The van der Waals surface area contributed by atoms with E-state index in [1.165, 1.54) is 61.2 Å². The van der Waals surface area contributed by atoms with Gasteiger partial charge in [0.15, 0.2) is 0 Å².